The molecule has 4 aromatic rings. The maximum absolute atomic E-state index is 12.4. The fraction of sp³-hybridized carbons (Fsp3) is 0.136. The summed E-state index contributed by atoms with van der Waals surface area (Å²) in [6.07, 6.45) is 2.88. The quantitative estimate of drug-likeness (QED) is 0.389. The average Bonchev–Trinajstić information content (AvgIpc) is 3.18. The summed E-state index contributed by atoms with van der Waals surface area (Å²) in [7, 11) is -2.03. The van der Waals surface area contributed by atoms with Gasteiger partial charge in [0.15, 0.2) is 5.03 Å². The third-order valence-electron chi connectivity index (χ3n) is 4.53. The number of sulfonamides is 1. The molecule has 2 aromatic carbocycles. The third kappa shape index (κ3) is 5.22. The fourth-order valence-electron chi connectivity index (χ4n) is 2.96. The van der Waals surface area contributed by atoms with Crippen LogP contribution in [0.4, 0.5) is 28.8 Å². The summed E-state index contributed by atoms with van der Waals surface area (Å²) in [5.74, 6) is 1.10. The van der Waals surface area contributed by atoms with Gasteiger partial charge in [-0.1, -0.05) is 17.7 Å². The number of anilines is 5. The number of benzene rings is 2. The number of imidazole rings is 1. The Balaban J connectivity index is 1.46. The van der Waals surface area contributed by atoms with E-state index >= 15 is 0 Å². The molecule has 9 nitrogen and oxygen atoms in total. The van der Waals surface area contributed by atoms with Crippen molar-refractivity contribution in [2.75, 3.05) is 15.4 Å². The van der Waals surface area contributed by atoms with Crippen molar-refractivity contribution in [2.24, 2.45) is 7.05 Å². The molecule has 2 aromatic heterocycles. The molecule has 0 fully saturated rings. The number of hydrogen-bond donors (Lipinski definition) is 3. The molecule has 0 aliphatic carbocycles. The zero-order valence-corrected chi connectivity index (χ0v) is 18.7. The van der Waals surface area contributed by atoms with Gasteiger partial charge in [-0.05, 0) is 50.2 Å². The molecule has 0 saturated heterocycles. The van der Waals surface area contributed by atoms with Crippen molar-refractivity contribution in [3.05, 3.63) is 78.4 Å². The minimum atomic E-state index is -3.74. The molecular weight excluding hydrogens is 426 g/mol. The standard InChI is InChI=1S/C22H23N7O2S/c1-15-4-6-17(7-5-15)25-20-12-16(2)24-22(27-20)26-18-8-10-19(11-9-18)28-32(30,31)21-13-29(3)14-23-21/h4-14,28H,1-3H3,(H2,24,25,26,27). The van der Waals surface area contributed by atoms with Crippen LogP contribution in [0.3, 0.4) is 0 Å². The molecule has 3 N–H and O–H groups in total. The Morgan fingerprint density at radius 3 is 2.12 bits per heavy atom. The SMILES string of the molecule is Cc1ccc(Nc2cc(C)nc(Nc3ccc(NS(=O)(=O)c4cn(C)cn4)cc3)n2)cc1. The van der Waals surface area contributed by atoms with Crippen LogP contribution in [0.25, 0.3) is 0 Å². The Kier molecular flexibility index (Phi) is 5.78. The maximum Gasteiger partial charge on any atom is 0.280 e. The second kappa shape index (κ2) is 8.67. The minimum Gasteiger partial charge on any atom is -0.340 e. The van der Waals surface area contributed by atoms with Crippen LogP contribution >= 0.6 is 0 Å². The van der Waals surface area contributed by atoms with Crippen LogP contribution in [0.15, 0.2) is 72.1 Å². The number of nitrogens with zero attached hydrogens (tertiary/aromatic N) is 4. The second-order valence-corrected chi connectivity index (χ2v) is 9.02. The van der Waals surface area contributed by atoms with Crippen LogP contribution in [0.2, 0.25) is 0 Å². The molecule has 10 heteroatoms. The highest BCUT2D eigenvalue weighted by Gasteiger charge is 2.17. The van der Waals surface area contributed by atoms with Crippen molar-refractivity contribution < 1.29 is 8.42 Å². The summed E-state index contributed by atoms with van der Waals surface area (Å²) >= 11 is 0. The van der Waals surface area contributed by atoms with Gasteiger partial charge in [0.2, 0.25) is 5.95 Å². The van der Waals surface area contributed by atoms with Gasteiger partial charge < -0.3 is 15.2 Å². The summed E-state index contributed by atoms with van der Waals surface area (Å²) in [6.45, 7) is 3.93. The Bertz CT molecular complexity index is 1330. The molecule has 0 aliphatic rings. The van der Waals surface area contributed by atoms with Crippen molar-refractivity contribution in [2.45, 2.75) is 18.9 Å². The van der Waals surface area contributed by atoms with Crippen LogP contribution < -0.4 is 15.4 Å². The smallest absolute Gasteiger partial charge is 0.280 e. The fourth-order valence-corrected chi connectivity index (χ4v) is 4.00. The van der Waals surface area contributed by atoms with Crippen LogP contribution in [0.1, 0.15) is 11.3 Å². The van der Waals surface area contributed by atoms with Gasteiger partial charge in [0.1, 0.15) is 5.82 Å². The summed E-state index contributed by atoms with van der Waals surface area (Å²) in [4.78, 5) is 12.8. The molecule has 0 aliphatic heterocycles. The first kappa shape index (κ1) is 21.3. The zero-order chi connectivity index (χ0) is 22.7. The summed E-state index contributed by atoms with van der Waals surface area (Å²) < 4.78 is 28.9. The first-order chi connectivity index (χ1) is 15.3. The van der Waals surface area contributed by atoms with E-state index in [1.165, 1.54) is 18.1 Å². The van der Waals surface area contributed by atoms with E-state index in [0.717, 1.165) is 17.1 Å². The van der Waals surface area contributed by atoms with Gasteiger partial charge in [0.05, 0.1) is 6.33 Å². The van der Waals surface area contributed by atoms with E-state index in [1.807, 2.05) is 44.2 Å². The zero-order valence-electron chi connectivity index (χ0n) is 17.9. The highest BCUT2D eigenvalue weighted by atomic mass is 32.2. The first-order valence-electron chi connectivity index (χ1n) is 9.84. The topological polar surface area (TPSA) is 114 Å². The van der Waals surface area contributed by atoms with Crippen molar-refractivity contribution in [1.29, 1.82) is 0 Å². The van der Waals surface area contributed by atoms with Crippen LogP contribution in [0, 0.1) is 13.8 Å². The second-order valence-electron chi connectivity index (χ2n) is 7.39. The van der Waals surface area contributed by atoms with Gasteiger partial charge >= 0.3 is 0 Å². The molecule has 164 valence electrons. The van der Waals surface area contributed by atoms with Gasteiger partial charge in [-0.25, -0.2) is 9.97 Å². The lowest BCUT2D eigenvalue weighted by Crippen LogP contribution is -2.13. The lowest BCUT2D eigenvalue weighted by atomic mass is 10.2. The normalized spacial score (nSPS) is 11.2. The Morgan fingerprint density at radius 1 is 0.844 bits per heavy atom. The molecule has 0 bridgehead atoms. The van der Waals surface area contributed by atoms with Gasteiger partial charge in [0, 0.05) is 42.1 Å². The third-order valence-corrected chi connectivity index (χ3v) is 5.79. The summed E-state index contributed by atoms with van der Waals surface area (Å²) in [6, 6.07) is 16.7. The van der Waals surface area contributed by atoms with Crippen molar-refractivity contribution >= 4 is 38.9 Å². The Labute approximate surface area is 186 Å². The monoisotopic (exact) mass is 449 g/mol. The molecule has 2 heterocycles. The highest BCUT2D eigenvalue weighted by molar-refractivity contribution is 7.92. The molecule has 0 atom stereocenters. The van der Waals surface area contributed by atoms with Crippen LogP contribution in [-0.4, -0.2) is 27.9 Å². The number of rotatable bonds is 7. The Morgan fingerprint density at radius 2 is 1.47 bits per heavy atom. The highest BCUT2D eigenvalue weighted by Crippen LogP contribution is 2.22. The van der Waals surface area contributed by atoms with E-state index < -0.39 is 10.0 Å². The molecule has 4 rings (SSSR count). The van der Waals surface area contributed by atoms with Crippen LogP contribution in [-0.2, 0) is 17.1 Å². The molecule has 0 spiro atoms. The molecule has 32 heavy (non-hydrogen) atoms. The minimum absolute atomic E-state index is 0.0380. The lowest BCUT2D eigenvalue weighted by molar-refractivity contribution is 0.598. The summed E-state index contributed by atoms with van der Waals surface area (Å²) in [5, 5.41) is 6.39. The molecule has 0 saturated carbocycles. The Hall–Kier alpha value is -3.92. The number of aryl methyl sites for hydroxylation is 3. The molecule has 0 radical (unpaired) electrons. The van der Waals surface area contributed by atoms with E-state index in [1.54, 1.807) is 35.9 Å². The largest absolute Gasteiger partial charge is 0.340 e. The number of hydrogen-bond acceptors (Lipinski definition) is 7. The van der Waals surface area contributed by atoms with E-state index in [2.05, 4.69) is 30.3 Å². The van der Waals surface area contributed by atoms with E-state index in [0.29, 0.717) is 17.5 Å². The predicted octanol–water partition coefficient (Wildman–Crippen LogP) is 4.11. The van der Waals surface area contributed by atoms with Gasteiger partial charge in [-0.15, -0.1) is 0 Å². The van der Waals surface area contributed by atoms with E-state index in [9.17, 15) is 8.42 Å². The molecular formula is C22H23N7O2S. The lowest BCUT2D eigenvalue weighted by Gasteiger charge is -2.11. The number of nitrogens with one attached hydrogen (secondary N) is 3. The van der Waals surface area contributed by atoms with Crippen molar-refractivity contribution in [3.8, 4) is 0 Å². The number of aromatic nitrogens is 4. The van der Waals surface area contributed by atoms with E-state index in [-0.39, 0.29) is 5.03 Å². The van der Waals surface area contributed by atoms with Gasteiger partial charge in [-0.2, -0.15) is 13.4 Å². The van der Waals surface area contributed by atoms with Crippen molar-refractivity contribution in [1.82, 2.24) is 19.5 Å². The summed E-state index contributed by atoms with van der Waals surface area (Å²) in [5.41, 5.74) is 4.06. The van der Waals surface area contributed by atoms with Gasteiger partial charge in [0.25, 0.3) is 10.0 Å². The maximum atomic E-state index is 12.4. The predicted molar refractivity (Wildman–Crippen MR) is 125 cm³/mol. The molecule has 0 unspecified atom stereocenters. The molecule has 0 amide bonds. The first-order valence-corrected chi connectivity index (χ1v) is 11.3. The van der Waals surface area contributed by atoms with Crippen molar-refractivity contribution in [3.63, 3.8) is 0 Å². The van der Waals surface area contributed by atoms with Crippen LogP contribution in [0.5, 0.6) is 0 Å². The van der Waals surface area contributed by atoms with E-state index in [4.69, 9.17) is 0 Å². The van der Waals surface area contributed by atoms with Gasteiger partial charge in [-0.3, -0.25) is 4.72 Å². The average molecular weight is 450 g/mol.